The number of hydrogen-bond acceptors (Lipinski definition) is 3. The molecule has 0 fully saturated rings. The maximum absolute atomic E-state index is 13.9. The quantitative estimate of drug-likeness (QED) is 0.630. The molecule has 0 radical (unpaired) electrons. The molecule has 0 aliphatic heterocycles. The van der Waals surface area contributed by atoms with Crippen molar-refractivity contribution in [3.63, 3.8) is 0 Å². The molecule has 2 aromatic rings. The van der Waals surface area contributed by atoms with Crippen LogP contribution in [-0.4, -0.2) is 6.04 Å². The Hall–Kier alpha value is -0.940. The molecule has 5 heteroatoms. The highest BCUT2D eigenvalue weighted by Crippen LogP contribution is 2.22. The van der Waals surface area contributed by atoms with Crippen molar-refractivity contribution in [2.45, 2.75) is 32.2 Å². The van der Waals surface area contributed by atoms with E-state index in [-0.39, 0.29) is 16.9 Å². The van der Waals surface area contributed by atoms with Gasteiger partial charge in [-0.05, 0) is 43.0 Å². The van der Waals surface area contributed by atoms with Gasteiger partial charge in [-0.1, -0.05) is 30.7 Å². The molecule has 0 spiro atoms. The zero-order valence-electron chi connectivity index (χ0n) is 11.3. The fourth-order valence-electron chi connectivity index (χ4n) is 2.13. The Kier molecular flexibility index (Phi) is 5.54. The van der Waals surface area contributed by atoms with Crippen molar-refractivity contribution in [1.82, 2.24) is 5.43 Å². The van der Waals surface area contributed by atoms with Gasteiger partial charge >= 0.3 is 0 Å². The summed E-state index contributed by atoms with van der Waals surface area (Å²) in [6, 6.07) is 9.30. The number of hydrogen-bond donors (Lipinski definition) is 2. The van der Waals surface area contributed by atoms with Crippen LogP contribution in [0.4, 0.5) is 4.39 Å². The summed E-state index contributed by atoms with van der Waals surface area (Å²) in [7, 11) is 0. The summed E-state index contributed by atoms with van der Waals surface area (Å²) in [6.45, 7) is 2.13. The van der Waals surface area contributed by atoms with Crippen molar-refractivity contribution in [2.75, 3.05) is 0 Å². The molecule has 0 saturated carbocycles. The van der Waals surface area contributed by atoms with Gasteiger partial charge in [-0.25, -0.2) is 4.39 Å². The van der Waals surface area contributed by atoms with Gasteiger partial charge in [0.15, 0.2) is 0 Å². The molecule has 0 amide bonds. The lowest BCUT2D eigenvalue weighted by atomic mass is 10.0. The summed E-state index contributed by atoms with van der Waals surface area (Å²) in [5.41, 5.74) is 3.36. The first-order valence-electron chi connectivity index (χ1n) is 6.60. The molecule has 1 atom stereocenters. The van der Waals surface area contributed by atoms with Crippen LogP contribution in [0.3, 0.4) is 0 Å². The van der Waals surface area contributed by atoms with Gasteiger partial charge in [0, 0.05) is 15.8 Å². The molecule has 20 heavy (non-hydrogen) atoms. The summed E-state index contributed by atoms with van der Waals surface area (Å²) in [6.07, 6.45) is 2.34. The highest BCUT2D eigenvalue weighted by atomic mass is 35.5. The van der Waals surface area contributed by atoms with Crippen LogP contribution in [0.1, 0.15) is 22.2 Å². The summed E-state index contributed by atoms with van der Waals surface area (Å²) < 4.78 is 13.9. The second-order valence-electron chi connectivity index (χ2n) is 4.71. The first kappa shape index (κ1) is 15.4. The number of hydrazine groups is 1. The van der Waals surface area contributed by atoms with Crippen LogP contribution in [-0.2, 0) is 19.3 Å². The van der Waals surface area contributed by atoms with E-state index in [0.717, 1.165) is 12.8 Å². The lowest BCUT2D eigenvalue weighted by Gasteiger charge is -2.15. The van der Waals surface area contributed by atoms with Crippen LogP contribution in [0, 0.1) is 5.82 Å². The number of aryl methyl sites for hydroxylation is 1. The SMILES string of the molecule is CCc1ccc(CC(Cc2cccc(Cl)c2F)NN)s1. The minimum atomic E-state index is -0.352. The van der Waals surface area contributed by atoms with Gasteiger partial charge in [-0.15, -0.1) is 11.3 Å². The van der Waals surface area contributed by atoms with E-state index in [4.69, 9.17) is 17.4 Å². The fraction of sp³-hybridized carbons (Fsp3) is 0.333. The highest BCUT2D eigenvalue weighted by molar-refractivity contribution is 7.11. The minimum Gasteiger partial charge on any atom is -0.271 e. The molecule has 2 nitrogen and oxygen atoms in total. The van der Waals surface area contributed by atoms with Crippen LogP contribution in [0.15, 0.2) is 30.3 Å². The van der Waals surface area contributed by atoms with Gasteiger partial charge in [0.1, 0.15) is 5.82 Å². The van der Waals surface area contributed by atoms with Gasteiger partial charge in [0.2, 0.25) is 0 Å². The monoisotopic (exact) mass is 312 g/mol. The lowest BCUT2D eigenvalue weighted by Crippen LogP contribution is -2.38. The molecule has 2 rings (SSSR count). The van der Waals surface area contributed by atoms with Gasteiger partial charge in [0.05, 0.1) is 5.02 Å². The van der Waals surface area contributed by atoms with Crippen molar-refractivity contribution in [2.24, 2.45) is 5.84 Å². The second kappa shape index (κ2) is 7.18. The minimum absolute atomic E-state index is 0.00803. The third kappa shape index (κ3) is 3.79. The number of halogens is 2. The van der Waals surface area contributed by atoms with E-state index in [9.17, 15) is 4.39 Å². The van der Waals surface area contributed by atoms with Crippen molar-refractivity contribution < 1.29 is 4.39 Å². The third-order valence-corrected chi connectivity index (χ3v) is 4.79. The molecular formula is C15H18ClFN2S. The zero-order chi connectivity index (χ0) is 14.5. The number of nitrogens with two attached hydrogens (primary N) is 1. The van der Waals surface area contributed by atoms with Crippen LogP contribution in [0.2, 0.25) is 5.02 Å². The average molecular weight is 313 g/mol. The van der Waals surface area contributed by atoms with Crippen molar-refractivity contribution >= 4 is 22.9 Å². The highest BCUT2D eigenvalue weighted by Gasteiger charge is 2.14. The molecule has 1 unspecified atom stereocenters. The Morgan fingerprint density at radius 3 is 2.65 bits per heavy atom. The molecule has 1 aromatic heterocycles. The normalized spacial score (nSPS) is 12.6. The Morgan fingerprint density at radius 1 is 1.25 bits per heavy atom. The number of rotatable bonds is 6. The maximum atomic E-state index is 13.9. The molecule has 108 valence electrons. The maximum Gasteiger partial charge on any atom is 0.145 e. The van der Waals surface area contributed by atoms with Crippen LogP contribution in [0.25, 0.3) is 0 Å². The first-order valence-corrected chi connectivity index (χ1v) is 7.80. The Morgan fingerprint density at radius 2 is 2.00 bits per heavy atom. The molecule has 1 aromatic carbocycles. The van der Waals surface area contributed by atoms with Crippen LogP contribution >= 0.6 is 22.9 Å². The second-order valence-corrected chi connectivity index (χ2v) is 6.37. The van der Waals surface area contributed by atoms with Gasteiger partial charge in [-0.2, -0.15) is 0 Å². The van der Waals surface area contributed by atoms with Crippen LogP contribution < -0.4 is 11.3 Å². The van der Waals surface area contributed by atoms with Crippen molar-refractivity contribution in [1.29, 1.82) is 0 Å². The fourth-order valence-corrected chi connectivity index (χ4v) is 3.36. The van der Waals surface area contributed by atoms with Gasteiger partial charge in [0.25, 0.3) is 0 Å². The summed E-state index contributed by atoms with van der Waals surface area (Å²) in [4.78, 5) is 2.61. The lowest BCUT2D eigenvalue weighted by molar-refractivity contribution is 0.509. The first-order chi connectivity index (χ1) is 9.63. The number of thiophene rings is 1. The Bertz CT molecular complexity index is 571. The van der Waals surface area contributed by atoms with Crippen molar-refractivity contribution in [3.8, 4) is 0 Å². The number of benzene rings is 1. The van der Waals surface area contributed by atoms with Gasteiger partial charge < -0.3 is 0 Å². The largest absolute Gasteiger partial charge is 0.271 e. The van der Waals surface area contributed by atoms with E-state index in [0.29, 0.717) is 12.0 Å². The average Bonchev–Trinajstić information content (AvgIpc) is 2.90. The summed E-state index contributed by atoms with van der Waals surface area (Å²) in [5, 5.41) is 0.155. The van der Waals surface area contributed by atoms with E-state index in [1.807, 2.05) is 0 Å². The van der Waals surface area contributed by atoms with Crippen molar-refractivity contribution in [3.05, 3.63) is 56.5 Å². The predicted molar refractivity (Wildman–Crippen MR) is 83.6 cm³/mol. The summed E-state index contributed by atoms with van der Waals surface area (Å²) >= 11 is 7.58. The molecule has 3 N–H and O–H groups in total. The smallest absolute Gasteiger partial charge is 0.145 e. The topological polar surface area (TPSA) is 38.0 Å². The molecule has 0 aliphatic rings. The van der Waals surface area contributed by atoms with E-state index in [2.05, 4.69) is 24.5 Å². The molecule has 0 saturated heterocycles. The summed E-state index contributed by atoms with van der Waals surface area (Å²) in [5.74, 6) is 5.24. The standard InChI is InChI=1S/C15H18ClFN2S/c1-2-12-6-7-13(20-12)9-11(19-18)8-10-4-3-5-14(16)15(10)17/h3-7,11,19H,2,8-9,18H2,1H3. The molecule has 0 aliphatic carbocycles. The van der Waals surface area contributed by atoms with E-state index < -0.39 is 0 Å². The van der Waals surface area contributed by atoms with Gasteiger partial charge in [-0.3, -0.25) is 11.3 Å². The van der Waals surface area contributed by atoms with Crippen LogP contribution in [0.5, 0.6) is 0 Å². The zero-order valence-corrected chi connectivity index (χ0v) is 12.9. The van der Waals surface area contributed by atoms with E-state index >= 15 is 0 Å². The Balaban J connectivity index is 2.07. The predicted octanol–water partition coefficient (Wildman–Crippen LogP) is 3.72. The molecular weight excluding hydrogens is 295 g/mol. The molecule has 1 heterocycles. The molecule has 0 bridgehead atoms. The number of nitrogens with one attached hydrogen (secondary N) is 1. The van der Waals surface area contributed by atoms with E-state index in [1.54, 1.807) is 29.5 Å². The van der Waals surface area contributed by atoms with E-state index in [1.165, 1.54) is 9.75 Å². The Labute approximate surface area is 127 Å². The third-order valence-electron chi connectivity index (χ3n) is 3.25.